The maximum absolute atomic E-state index is 13.9. The van der Waals surface area contributed by atoms with Crippen molar-refractivity contribution in [2.75, 3.05) is 12.4 Å². The lowest BCUT2D eigenvalue weighted by Gasteiger charge is -2.16. The minimum Gasteiger partial charge on any atom is -0.496 e. The highest BCUT2D eigenvalue weighted by atomic mass is 35.5. The number of hydrogen-bond donors (Lipinski definition) is 1. The summed E-state index contributed by atoms with van der Waals surface area (Å²) in [5.41, 5.74) is 3.64. The first-order valence-corrected chi connectivity index (χ1v) is 6.85. The molecule has 104 valence electrons. The quantitative estimate of drug-likeness (QED) is 0.879. The van der Waals surface area contributed by atoms with Crippen LogP contribution in [0.5, 0.6) is 5.75 Å². The molecule has 0 bridgehead atoms. The van der Waals surface area contributed by atoms with E-state index < -0.39 is 0 Å². The lowest BCUT2D eigenvalue weighted by molar-refractivity contribution is 0.407. The second-order valence-corrected chi connectivity index (χ2v) is 5.50. The van der Waals surface area contributed by atoms with Gasteiger partial charge in [-0.25, -0.2) is 4.39 Å². The Morgan fingerprint density at radius 1 is 1.30 bits per heavy atom. The van der Waals surface area contributed by atoms with Crippen molar-refractivity contribution in [2.45, 2.75) is 19.4 Å². The van der Waals surface area contributed by atoms with Gasteiger partial charge in [0, 0.05) is 10.6 Å². The van der Waals surface area contributed by atoms with Gasteiger partial charge in [0.15, 0.2) is 0 Å². The topological polar surface area (TPSA) is 21.3 Å². The van der Waals surface area contributed by atoms with Crippen LogP contribution in [-0.2, 0) is 6.42 Å². The Hall–Kier alpha value is -1.74. The van der Waals surface area contributed by atoms with Gasteiger partial charge in [0.25, 0.3) is 0 Å². The molecular weight excluding hydrogens is 277 g/mol. The van der Waals surface area contributed by atoms with Crippen LogP contribution in [-0.4, -0.2) is 7.11 Å². The molecule has 1 aliphatic rings. The van der Waals surface area contributed by atoms with Gasteiger partial charge in [-0.3, -0.25) is 0 Å². The largest absolute Gasteiger partial charge is 0.496 e. The Kier molecular flexibility index (Phi) is 3.30. The van der Waals surface area contributed by atoms with Crippen LogP contribution < -0.4 is 10.1 Å². The van der Waals surface area contributed by atoms with E-state index in [2.05, 4.69) is 11.4 Å². The molecule has 0 fully saturated rings. The van der Waals surface area contributed by atoms with Crippen LogP contribution in [0.15, 0.2) is 30.3 Å². The van der Waals surface area contributed by atoms with Gasteiger partial charge in [0.05, 0.1) is 18.8 Å². The van der Waals surface area contributed by atoms with Crippen molar-refractivity contribution in [3.05, 3.63) is 57.9 Å². The first-order chi connectivity index (χ1) is 9.58. The van der Waals surface area contributed by atoms with E-state index in [4.69, 9.17) is 16.3 Å². The molecule has 20 heavy (non-hydrogen) atoms. The van der Waals surface area contributed by atoms with Crippen molar-refractivity contribution in [1.29, 1.82) is 0 Å². The highest BCUT2D eigenvalue weighted by molar-refractivity contribution is 6.30. The number of benzene rings is 2. The van der Waals surface area contributed by atoms with Gasteiger partial charge < -0.3 is 10.1 Å². The number of aryl methyl sites for hydroxylation is 1. The molecule has 0 amide bonds. The fourth-order valence-corrected chi connectivity index (χ4v) is 2.94. The number of rotatable bonds is 2. The van der Waals surface area contributed by atoms with Crippen molar-refractivity contribution >= 4 is 17.3 Å². The number of halogens is 2. The highest BCUT2D eigenvalue weighted by Crippen LogP contribution is 2.40. The number of ether oxygens (including phenoxy) is 1. The zero-order valence-electron chi connectivity index (χ0n) is 11.3. The van der Waals surface area contributed by atoms with Crippen LogP contribution in [0.1, 0.15) is 22.7 Å². The molecule has 2 nitrogen and oxygen atoms in total. The third kappa shape index (κ3) is 2.22. The molecule has 0 spiro atoms. The molecule has 1 N–H and O–H groups in total. The smallest absolute Gasteiger partial charge is 0.148 e. The minimum atomic E-state index is -0.304. The van der Waals surface area contributed by atoms with Gasteiger partial charge in [0.1, 0.15) is 11.6 Å². The number of fused-ring (bicyclic) bond motifs is 1. The summed E-state index contributed by atoms with van der Waals surface area (Å²) >= 11 is 5.91. The van der Waals surface area contributed by atoms with E-state index in [9.17, 15) is 4.39 Å². The average molecular weight is 292 g/mol. The fourth-order valence-electron chi connectivity index (χ4n) is 2.71. The maximum atomic E-state index is 13.9. The number of hydrogen-bond acceptors (Lipinski definition) is 2. The number of methoxy groups -OCH3 is 1. The standard InChI is InChI=1S/C16H15ClFNO/c1-9-3-4-15(20-2)12(5-9)14-7-10-6-11(17)8-13(18)16(10)19-14/h3-6,8,14,19H,7H2,1-2H3. The third-order valence-corrected chi connectivity index (χ3v) is 3.86. The molecule has 2 aromatic carbocycles. The molecular formula is C16H15ClFNO. The normalized spacial score (nSPS) is 16.7. The zero-order chi connectivity index (χ0) is 14.3. The summed E-state index contributed by atoms with van der Waals surface area (Å²) in [5, 5.41) is 3.67. The van der Waals surface area contributed by atoms with Gasteiger partial charge in [0.2, 0.25) is 0 Å². The summed E-state index contributed by atoms with van der Waals surface area (Å²) in [5.74, 6) is 0.508. The monoisotopic (exact) mass is 291 g/mol. The van der Waals surface area contributed by atoms with Gasteiger partial charge in [-0.05, 0) is 37.1 Å². The summed E-state index contributed by atoms with van der Waals surface area (Å²) in [6.07, 6.45) is 0.701. The SMILES string of the molecule is COc1ccc(C)cc1C1Cc2cc(Cl)cc(F)c2N1. The van der Waals surface area contributed by atoms with Gasteiger partial charge in [-0.1, -0.05) is 29.3 Å². The van der Waals surface area contributed by atoms with E-state index in [1.807, 2.05) is 25.1 Å². The predicted molar refractivity (Wildman–Crippen MR) is 79.2 cm³/mol. The summed E-state index contributed by atoms with van der Waals surface area (Å²) in [7, 11) is 1.65. The Morgan fingerprint density at radius 2 is 2.10 bits per heavy atom. The zero-order valence-corrected chi connectivity index (χ0v) is 12.1. The molecule has 4 heteroatoms. The van der Waals surface area contributed by atoms with Gasteiger partial charge >= 0.3 is 0 Å². The molecule has 2 aromatic rings. The lowest BCUT2D eigenvalue weighted by atomic mass is 10.00. The molecule has 3 rings (SSSR count). The van der Waals surface area contributed by atoms with Crippen LogP contribution in [0.2, 0.25) is 5.02 Å². The van der Waals surface area contributed by atoms with Crippen molar-refractivity contribution in [1.82, 2.24) is 0 Å². The summed E-state index contributed by atoms with van der Waals surface area (Å²) in [6, 6.07) is 9.17. The van der Waals surface area contributed by atoms with Crippen molar-refractivity contribution in [2.24, 2.45) is 0 Å². The van der Waals surface area contributed by atoms with Crippen molar-refractivity contribution < 1.29 is 9.13 Å². The van der Waals surface area contributed by atoms with E-state index in [-0.39, 0.29) is 11.9 Å². The highest BCUT2D eigenvalue weighted by Gasteiger charge is 2.27. The van der Waals surface area contributed by atoms with E-state index in [0.717, 1.165) is 22.4 Å². The van der Waals surface area contributed by atoms with Crippen molar-refractivity contribution in [3.63, 3.8) is 0 Å². The predicted octanol–water partition coefficient (Wildman–Crippen LogP) is 4.51. The van der Waals surface area contributed by atoms with Crippen LogP contribution in [0, 0.1) is 12.7 Å². The van der Waals surface area contributed by atoms with Crippen LogP contribution >= 0.6 is 11.6 Å². The Morgan fingerprint density at radius 3 is 2.85 bits per heavy atom. The number of anilines is 1. The van der Waals surface area contributed by atoms with E-state index in [0.29, 0.717) is 17.1 Å². The van der Waals surface area contributed by atoms with Gasteiger partial charge in [-0.15, -0.1) is 0 Å². The first-order valence-electron chi connectivity index (χ1n) is 6.47. The second kappa shape index (κ2) is 4.98. The molecule has 0 saturated heterocycles. The minimum absolute atomic E-state index is 0.00724. The molecule has 1 unspecified atom stereocenters. The second-order valence-electron chi connectivity index (χ2n) is 5.07. The van der Waals surface area contributed by atoms with E-state index in [1.54, 1.807) is 7.11 Å². The molecule has 0 aliphatic carbocycles. The first kappa shape index (κ1) is 13.3. The summed E-state index contributed by atoms with van der Waals surface area (Å²) < 4.78 is 19.3. The maximum Gasteiger partial charge on any atom is 0.148 e. The average Bonchev–Trinajstić information content (AvgIpc) is 2.82. The Labute approximate surface area is 122 Å². The molecule has 1 atom stereocenters. The molecule has 0 saturated carbocycles. The molecule has 0 aromatic heterocycles. The van der Waals surface area contributed by atoms with Gasteiger partial charge in [-0.2, -0.15) is 0 Å². The molecule has 1 heterocycles. The van der Waals surface area contributed by atoms with Crippen molar-refractivity contribution in [3.8, 4) is 5.75 Å². The van der Waals surface area contributed by atoms with Crippen LogP contribution in [0.4, 0.5) is 10.1 Å². The van der Waals surface area contributed by atoms with E-state index in [1.165, 1.54) is 6.07 Å². The lowest BCUT2D eigenvalue weighted by Crippen LogP contribution is -2.08. The van der Waals surface area contributed by atoms with E-state index >= 15 is 0 Å². The Bertz CT molecular complexity index is 672. The van der Waals surface area contributed by atoms with Crippen LogP contribution in [0.3, 0.4) is 0 Å². The Balaban J connectivity index is 2.00. The third-order valence-electron chi connectivity index (χ3n) is 3.64. The molecule has 0 radical (unpaired) electrons. The molecule has 1 aliphatic heterocycles. The van der Waals surface area contributed by atoms with Crippen LogP contribution in [0.25, 0.3) is 0 Å². The fraction of sp³-hybridized carbons (Fsp3) is 0.250. The number of nitrogens with one attached hydrogen (secondary N) is 1. The summed E-state index contributed by atoms with van der Waals surface area (Å²) in [6.45, 7) is 2.03. The summed E-state index contributed by atoms with van der Waals surface area (Å²) in [4.78, 5) is 0.